The number of rotatable bonds is 6. The van der Waals surface area contributed by atoms with Crippen LogP contribution in [0, 0.1) is 6.92 Å². The molecule has 0 aliphatic rings. The minimum absolute atomic E-state index is 0.244. The van der Waals surface area contributed by atoms with Gasteiger partial charge in [-0.05, 0) is 44.0 Å². The van der Waals surface area contributed by atoms with Gasteiger partial charge < -0.3 is 9.47 Å². The molecule has 0 aliphatic carbocycles. The van der Waals surface area contributed by atoms with E-state index < -0.39 is 0 Å². The Hall–Kier alpha value is -1.06. The Morgan fingerprint density at radius 3 is 2.82 bits per heavy atom. The van der Waals surface area contributed by atoms with Crippen molar-refractivity contribution in [3.8, 4) is 5.75 Å². The maximum atomic E-state index is 11.5. The van der Waals surface area contributed by atoms with Gasteiger partial charge in [0.15, 0.2) is 0 Å². The van der Waals surface area contributed by atoms with Crippen LogP contribution < -0.4 is 4.74 Å². The average molecular weight is 257 g/mol. The number of hydrogen-bond acceptors (Lipinski definition) is 3. The third-order valence-corrected chi connectivity index (χ3v) is 2.66. The van der Waals surface area contributed by atoms with Gasteiger partial charge in [-0.15, -0.1) is 0 Å². The quantitative estimate of drug-likeness (QED) is 0.445. The molecule has 0 fully saturated rings. The summed E-state index contributed by atoms with van der Waals surface area (Å²) in [5, 5.41) is 0.668. The van der Waals surface area contributed by atoms with E-state index in [9.17, 15) is 4.79 Å². The lowest BCUT2D eigenvalue weighted by molar-refractivity contribution is -0.134. The molecule has 0 N–H and O–H groups in total. The van der Waals surface area contributed by atoms with Crippen molar-refractivity contribution in [2.75, 3.05) is 13.2 Å². The Kier molecular flexibility index (Phi) is 6.01. The van der Waals surface area contributed by atoms with Gasteiger partial charge in [0.05, 0.1) is 0 Å². The number of carbonyl (C=O) groups excluding carboxylic acids is 1. The van der Waals surface area contributed by atoms with Crippen molar-refractivity contribution >= 4 is 17.6 Å². The normalized spacial score (nSPS) is 10.3. The Balaban J connectivity index is 2.37. The molecule has 0 radical (unpaired) electrons. The number of hydrogen-bond donors (Lipinski definition) is 0. The van der Waals surface area contributed by atoms with E-state index in [1.165, 1.54) is 0 Å². The molecule has 17 heavy (non-hydrogen) atoms. The van der Waals surface area contributed by atoms with Crippen LogP contribution in [0.2, 0.25) is 5.02 Å². The van der Waals surface area contributed by atoms with Gasteiger partial charge in [-0.25, -0.2) is 0 Å². The number of halogens is 1. The zero-order chi connectivity index (χ0) is 12.7. The van der Waals surface area contributed by atoms with E-state index in [4.69, 9.17) is 21.1 Å². The maximum Gasteiger partial charge on any atom is 0.311 e. The van der Waals surface area contributed by atoms with E-state index in [1.54, 1.807) is 18.2 Å². The molecule has 94 valence electrons. The first-order valence-electron chi connectivity index (χ1n) is 5.68. The molecule has 1 aromatic rings. The number of aryl methyl sites for hydroxylation is 1. The molecule has 0 aromatic heterocycles. The second-order valence-corrected chi connectivity index (χ2v) is 4.09. The Morgan fingerprint density at radius 1 is 1.41 bits per heavy atom. The van der Waals surface area contributed by atoms with E-state index in [2.05, 4.69) is 0 Å². The Morgan fingerprint density at radius 2 is 2.18 bits per heavy atom. The molecule has 0 atom stereocenters. The van der Waals surface area contributed by atoms with Gasteiger partial charge in [0.25, 0.3) is 0 Å². The van der Waals surface area contributed by atoms with Gasteiger partial charge >= 0.3 is 5.97 Å². The fraction of sp³-hybridized carbons (Fsp3) is 0.462. The van der Waals surface area contributed by atoms with E-state index in [0.29, 0.717) is 36.8 Å². The van der Waals surface area contributed by atoms with E-state index in [-0.39, 0.29) is 5.97 Å². The Bertz CT molecular complexity index is 377. The molecule has 1 aromatic carbocycles. The highest BCUT2D eigenvalue weighted by Crippen LogP contribution is 2.21. The summed E-state index contributed by atoms with van der Waals surface area (Å²) in [6.45, 7) is 5.06. The van der Waals surface area contributed by atoms with E-state index in [0.717, 1.165) is 5.56 Å². The first-order valence-corrected chi connectivity index (χ1v) is 6.06. The highest BCUT2D eigenvalue weighted by Gasteiger charge is 2.05. The largest absolute Gasteiger partial charge is 0.427 e. The third kappa shape index (κ3) is 5.20. The zero-order valence-electron chi connectivity index (χ0n) is 10.2. The highest BCUT2D eigenvalue weighted by atomic mass is 35.5. The summed E-state index contributed by atoms with van der Waals surface area (Å²) in [6.07, 6.45) is 1.04. The second-order valence-electron chi connectivity index (χ2n) is 3.69. The molecular formula is C13H17ClO3. The van der Waals surface area contributed by atoms with Crippen molar-refractivity contribution < 1.29 is 14.3 Å². The van der Waals surface area contributed by atoms with Gasteiger partial charge in [-0.1, -0.05) is 11.6 Å². The number of ether oxygens (including phenoxy) is 2. The van der Waals surface area contributed by atoms with Gasteiger partial charge in [-0.2, -0.15) is 0 Å². The van der Waals surface area contributed by atoms with Gasteiger partial charge in [0.2, 0.25) is 0 Å². The summed E-state index contributed by atoms with van der Waals surface area (Å²) in [4.78, 5) is 11.5. The fourth-order valence-corrected chi connectivity index (χ4v) is 1.44. The third-order valence-electron chi connectivity index (χ3n) is 2.23. The number of esters is 1. The van der Waals surface area contributed by atoms with Crippen molar-refractivity contribution in [2.45, 2.75) is 26.7 Å². The predicted molar refractivity (Wildman–Crippen MR) is 67.6 cm³/mol. The summed E-state index contributed by atoms with van der Waals surface area (Å²) < 4.78 is 10.3. The Labute approximate surface area is 107 Å². The van der Waals surface area contributed by atoms with Crippen LogP contribution in [0.4, 0.5) is 0 Å². The van der Waals surface area contributed by atoms with Crippen LogP contribution in [-0.4, -0.2) is 19.2 Å². The van der Waals surface area contributed by atoms with Crippen molar-refractivity contribution in [1.82, 2.24) is 0 Å². The molecular weight excluding hydrogens is 240 g/mol. The smallest absolute Gasteiger partial charge is 0.311 e. The summed E-state index contributed by atoms with van der Waals surface area (Å²) >= 11 is 5.88. The van der Waals surface area contributed by atoms with Gasteiger partial charge in [-0.3, -0.25) is 4.79 Å². The standard InChI is InChI=1S/C13H17ClO3/c1-3-16-8-4-5-13(15)17-11-6-7-12(14)10(2)9-11/h6-7,9H,3-5,8H2,1-2H3. The molecule has 0 aliphatic heterocycles. The molecule has 0 unspecified atom stereocenters. The monoisotopic (exact) mass is 256 g/mol. The molecule has 0 bridgehead atoms. The lowest BCUT2D eigenvalue weighted by Gasteiger charge is -2.06. The minimum Gasteiger partial charge on any atom is -0.427 e. The highest BCUT2D eigenvalue weighted by molar-refractivity contribution is 6.31. The number of benzene rings is 1. The van der Waals surface area contributed by atoms with Gasteiger partial charge in [0, 0.05) is 24.7 Å². The SMILES string of the molecule is CCOCCCC(=O)Oc1ccc(Cl)c(C)c1. The molecule has 4 heteroatoms. The van der Waals surface area contributed by atoms with Crippen molar-refractivity contribution in [3.63, 3.8) is 0 Å². The molecule has 0 saturated carbocycles. The van der Waals surface area contributed by atoms with E-state index in [1.807, 2.05) is 13.8 Å². The molecule has 0 heterocycles. The summed E-state index contributed by atoms with van der Waals surface area (Å²) in [5.74, 6) is 0.291. The van der Waals surface area contributed by atoms with Crippen LogP contribution in [0.15, 0.2) is 18.2 Å². The lowest BCUT2D eigenvalue weighted by atomic mass is 10.2. The van der Waals surface area contributed by atoms with Crippen molar-refractivity contribution in [1.29, 1.82) is 0 Å². The van der Waals surface area contributed by atoms with Gasteiger partial charge in [0.1, 0.15) is 5.75 Å². The summed E-state index contributed by atoms with van der Waals surface area (Å²) in [5.41, 5.74) is 0.895. The van der Waals surface area contributed by atoms with Crippen LogP contribution in [0.3, 0.4) is 0 Å². The topological polar surface area (TPSA) is 35.5 Å². The molecule has 0 amide bonds. The lowest BCUT2D eigenvalue weighted by Crippen LogP contribution is -2.09. The van der Waals surface area contributed by atoms with Crippen molar-refractivity contribution in [3.05, 3.63) is 28.8 Å². The van der Waals surface area contributed by atoms with E-state index >= 15 is 0 Å². The summed E-state index contributed by atoms with van der Waals surface area (Å²) in [6, 6.07) is 5.16. The molecule has 3 nitrogen and oxygen atoms in total. The zero-order valence-corrected chi connectivity index (χ0v) is 10.9. The molecule has 1 rings (SSSR count). The van der Waals surface area contributed by atoms with Crippen LogP contribution in [-0.2, 0) is 9.53 Å². The van der Waals surface area contributed by atoms with Crippen molar-refractivity contribution in [2.24, 2.45) is 0 Å². The predicted octanol–water partition coefficient (Wildman–Crippen LogP) is 3.37. The van der Waals surface area contributed by atoms with Crippen LogP contribution in [0.25, 0.3) is 0 Å². The average Bonchev–Trinajstić information content (AvgIpc) is 2.30. The molecule has 0 spiro atoms. The molecule has 0 saturated heterocycles. The number of carbonyl (C=O) groups is 1. The van der Waals surface area contributed by atoms with Crippen LogP contribution in [0.5, 0.6) is 5.75 Å². The van der Waals surface area contributed by atoms with Crippen LogP contribution in [0.1, 0.15) is 25.3 Å². The van der Waals surface area contributed by atoms with Crippen LogP contribution >= 0.6 is 11.6 Å². The second kappa shape index (κ2) is 7.30. The summed E-state index contributed by atoms with van der Waals surface area (Å²) in [7, 11) is 0. The maximum absolute atomic E-state index is 11.5. The first-order chi connectivity index (χ1) is 8.13. The fourth-order valence-electron chi connectivity index (χ4n) is 1.33. The first kappa shape index (κ1) is 14.0. The minimum atomic E-state index is -0.244.